The van der Waals surface area contributed by atoms with Gasteiger partial charge in [0.1, 0.15) is 0 Å². The Kier molecular flexibility index (Phi) is 6.60. The molecule has 0 aromatic heterocycles. The van der Waals surface area contributed by atoms with E-state index >= 15 is 0 Å². The second kappa shape index (κ2) is 7.51. The second-order valence-electron chi connectivity index (χ2n) is 3.58. The van der Waals surface area contributed by atoms with Crippen LogP contribution in [-0.4, -0.2) is 48.6 Å². The van der Waals surface area contributed by atoms with Gasteiger partial charge in [-0.1, -0.05) is 13.3 Å². The third-order valence-electron chi connectivity index (χ3n) is 2.08. The molecule has 3 nitrogen and oxygen atoms in total. The normalized spacial score (nSPS) is 19.3. The molecule has 1 fully saturated rings. The monoisotopic (exact) mass is 220 g/mol. The molecule has 1 rings (SSSR count). The fraction of sp³-hybridized carbons (Fsp3) is 1.00. The Labute approximate surface area is 90.2 Å². The van der Waals surface area contributed by atoms with Gasteiger partial charge in [0.25, 0.3) is 0 Å². The average molecular weight is 220 g/mol. The van der Waals surface area contributed by atoms with Gasteiger partial charge in [-0.15, -0.1) is 0 Å². The number of unbranched alkanes of at least 4 members (excludes halogenated alkanes) is 1. The van der Waals surface area contributed by atoms with E-state index in [9.17, 15) is 5.11 Å². The summed E-state index contributed by atoms with van der Waals surface area (Å²) in [6.45, 7) is 5.06. The van der Waals surface area contributed by atoms with Crippen LogP contribution in [-0.2, 0) is 9.47 Å². The largest absolute Gasteiger partial charge is 0.390 e. The van der Waals surface area contributed by atoms with E-state index in [0.717, 1.165) is 38.4 Å². The Bertz CT molecular complexity index is 139. The lowest BCUT2D eigenvalue weighted by molar-refractivity contribution is 0.0406. The minimum absolute atomic E-state index is 0.322. The van der Waals surface area contributed by atoms with Crippen LogP contribution in [0.1, 0.15) is 19.8 Å². The highest BCUT2D eigenvalue weighted by Gasteiger charge is 2.19. The van der Waals surface area contributed by atoms with Crippen molar-refractivity contribution in [3.63, 3.8) is 0 Å². The van der Waals surface area contributed by atoms with E-state index in [1.165, 1.54) is 0 Å². The lowest BCUT2D eigenvalue weighted by Gasteiger charge is -2.26. The van der Waals surface area contributed by atoms with Crippen molar-refractivity contribution >= 4 is 11.8 Å². The van der Waals surface area contributed by atoms with Crippen molar-refractivity contribution < 1.29 is 14.6 Å². The van der Waals surface area contributed by atoms with E-state index in [-0.39, 0.29) is 6.10 Å². The Morgan fingerprint density at radius 1 is 1.57 bits per heavy atom. The van der Waals surface area contributed by atoms with Crippen molar-refractivity contribution in [2.75, 3.05) is 32.2 Å². The summed E-state index contributed by atoms with van der Waals surface area (Å²) in [6.07, 6.45) is 1.90. The molecule has 1 atom stereocenters. The van der Waals surface area contributed by atoms with Crippen LogP contribution in [0.25, 0.3) is 0 Å². The fourth-order valence-corrected chi connectivity index (χ4v) is 2.05. The minimum Gasteiger partial charge on any atom is -0.390 e. The maximum Gasteiger partial charge on any atom is 0.0863 e. The summed E-state index contributed by atoms with van der Waals surface area (Å²) in [6, 6.07) is 0. The summed E-state index contributed by atoms with van der Waals surface area (Å²) < 4.78 is 10.4. The molecular formula is C10H20O3S. The molecule has 1 N–H and O–H groups in total. The molecule has 0 aliphatic carbocycles. The Hall–Kier alpha value is 0.230. The van der Waals surface area contributed by atoms with Crippen LogP contribution in [0.2, 0.25) is 0 Å². The summed E-state index contributed by atoms with van der Waals surface area (Å²) in [4.78, 5) is 0. The highest BCUT2D eigenvalue weighted by molar-refractivity contribution is 8.00. The molecule has 0 aromatic carbocycles. The van der Waals surface area contributed by atoms with E-state index in [2.05, 4.69) is 6.92 Å². The van der Waals surface area contributed by atoms with Crippen LogP contribution in [0.5, 0.6) is 0 Å². The first kappa shape index (κ1) is 12.3. The van der Waals surface area contributed by atoms with Crippen LogP contribution in [0.4, 0.5) is 0 Å². The number of thioether (sulfide) groups is 1. The van der Waals surface area contributed by atoms with Gasteiger partial charge in [0, 0.05) is 12.4 Å². The highest BCUT2D eigenvalue weighted by Crippen LogP contribution is 2.19. The first-order valence-corrected chi connectivity index (χ1v) is 6.33. The first-order chi connectivity index (χ1) is 6.83. The molecule has 0 amide bonds. The first-order valence-electron chi connectivity index (χ1n) is 5.28. The molecule has 1 aliphatic rings. The predicted molar refractivity (Wildman–Crippen MR) is 58.8 cm³/mol. The van der Waals surface area contributed by atoms with Crippen LogP contribution in [0, 0.1) is 0 Å². The topological polar surface area (TPSA) is 38.7 Å². The van der Waals surface area contributed by atoms with Gasteiger partial charge >= 0.3 is 0 Å². The molecule has 0 bridgehead atoms. The molecule has 0 radical (unpaired) electrons. The number of hydrogen-bond donors (Lipinski definition) is 1. The molecule has 1 aliphatic heterocycles. The van der Waals surface area contributed by atoms with Crippen molar-refractivity contribution in [1.29, 1.82) is 0 Å². The molecular weight excluding hydrogens is 200 g/mol. The van der Waals surface area contributed by atoms with Gasteiger partial charge in [0.05, 0.1) is 31.2 Å². The van der Waals surface area contributed by atoms with Gasteiger partial charge < -0.3 is 14.6 Å². The maximum absolute atomic E-state index is 9.53. The van der Waals surface area contributed by atoms with Crippen molar-refractivity contribution in [2.24, 2.45) is 0 Å². The van der Waals surface area contributed by atoms with E-state index in [4.69, 9.17) is 9.47 Å². The van der Waals surface area contributed by atoms with E-state index in [1.54, 1.807) is 11.8 Å². The number of hydrogen-bond acceptors (Lipinski definition) is 4. The molecule has 14 heavy (non-hydrogen) atoms. The maximum atomic E-state index is 9.53. The van der Waals surface area contributed by atoms with Gasteiger partial charge in [-0.25, -0.2) is 0 Å². The molecule has 84 valence electrons. The number of aliphatic hydroxyl groups excluding tert-OH is 1. The Morgan fingerprint density at radius 3 is 2.93 bits per heavy atom. The van der Waals surface area contributed by atoms with Gasteiger partial charge in [0.15, 0.2) is 0 Å². The zero-order valence-electron chi connectivity index (χ0n) is 8.78. The van der Waals surface area contributed by atoms with Crippen molar-refractivity contribution in [1.82, 2.24) is 0 Å². The summed E-state index contributed by atoms with van der Waals surface area (Å²) in [5, 5.41) is 10.1. The summed E-state index contributed by atoms with van der Waals surface area (Å²) in [5.41, 5.74) is 0. The molecule has 1 unspecified atom stereocenters. The summed E-state index contributed by atoms with van der Waals surface area (Å²) >= 11 is 1.78. The molecule has 0 saturated carbocycles. The quantitative estimate of drug-likeness (QED) is 0.626. The summed E-state index contributed by atoms with van der Waals surface area (Å²) in [7, 11) is 0. The third-order valence-corrected chi connectivity index (χ3v) is 3.41. The molecule has 0 aromatic rings. The SMILES string of the molecule is CCCCOCC(O)CSC1COC1. The minimum atomic E-state index is -0.322. The molecule has 4 heteroatoms. The van der Waals surface area contributed by atoms with Crippen molar-refractivity contribution in [3.05, 3.63) is 0 Å². The van der Waals surface area contributed by atoms with E-state index in [0.29, 0.717) is 11.9 Å². The van der Waals surface area contributed by atoms with Crippen LogP contribution in [0.15, 0.2) is 0 Å². The van der Waals surface area contributed by atoms with Crippen molar-refractivity contribution in [3.8, 4) is 0 Å². The highest BCUT2D eigenvalue weighted by atomic mass is 32.2. The third kappa shape index (κ3) is 5.20. The average Bonchev–Trinajstić information content (AvgIpc) is 2.10. The Balaban J connectivity index is 1.84. The van der Waals surface area contributed by atoms with Crippen LogP contribution >= 0.6 is 11.8 Å². The number of rotatable bonds is 8. The molecule has 0 spiro atoms. The van der Waals surface area contributed by atoms with Gasteiger partial charge in [-0.3, -0.25) is 0 Å². The second-order valence-corrected chi connectivity index (χ2v) is 4.91. The summed E-state index contributed by atoms with van der Waals surface area (Å²) in [5.74, 6) is 0.764. The Morgan fingerprint density at radius 2 is 2.36 bits per heavy atom. The van der Waals surface area contributed by atoms with Crippen LogP contribution in [0.3, 0.4) is 0 Å². The zero-order chi connectivity index (χ0) is 10.2. The predicted octanol–water partition coefficient (Wildman–Crippen LogP) is 1.30. The smallest absolute Gasteiger partial charge is 0.0863 e. The zero-order valence-corrected chi connectivity index (χ0v) is 9.59. The van der Waals surface area contributed by atoms with Gasteiger partial charge in [-0.2, -0.15) is 11.8 Å². The number of aliphatic hydroxyl groups is 1. The lowest BCUT2D eigenvalue weighted by Crippen LogP contribution is -2.32. The van der Waals surface area contributed by atoms with Gasteiger partial charge in [0.2, 0.25) is 0 Å². The van der Waals surface area contributed by atoms with E-state index < -0.39 is 0 Å². The van der Waals surface area contributed by atoms with E-state index in [1.807, 2.05) is 0 Å². The molecule has 1 saturated heterocycles. The van der Waals surface area contributed by atoms with Gasteiger partial charge in [-0.05, 0) is 6.42 Å². The van der Waals surface area contributed by atoms with Crippen molar-refractivity contribution in [2.45, 2.75) is 31.1 Å². The standard InChI is InChI=1S/C10H20O3S/c1-2-3-4-12-5-9(11)8-14-10-6-13-7-10/h9-11H,2-8H2,1H3. The fourth-order valence-electron chi connectivity index (χ4n) is 1.07. The molecule has 1 heterocycles. The lowest BCUT2D eigenvalue weighted by atomic mass is 10.3. The van der Waals surface area contributed by atoms with Crippen LogP contribution < -0.4 is 0 Å². The number of ether oxygens (including phenoxy) is 2.